The predicted octanol–water partition coefficient (Wildman–Crippen LogP) is 3.52. The van der Waals surface area contributed by atoms with E-state index in [1.807, 2.05) is 37.4 Å². The van der Waals surface area contributed by atoms with Crippen LogP contribution in [0.2, 0.25) is 5.02 Å². The number of pyridine rings is 1. The average Bonchev–Trinajstić information content (AvgIpc) is 2.33. The summed E-state index contributed by atoms with van der Waals surface area (Å²) in [6, 6.07) is 10.5. The second-order valence-corrected chi connectivity index (χ2v) is 4.08. The highest BCUT2D eigenvalue weighted by atomic mass is 35.5. The molecule has 1 aromatic carbocycles. The molecule has 0 amide bonds. The molecule has 3 heteroatoms. The summed E-state index contributed by atoms with van der Waals surface area (Å²) in [7, 11) is 0. The minimum absolute atomic E-state index is 0.0550. The van der Waals surface area contributed by atoms with E-state index in [1.54, 1.807) is 28.8 Å². The van der Waals surface area contributed by atoms with Crippen LogP contribution in [-0.2, 0) is 0 Å². The summed E-state index contributed by atoms with van der Waals surface area (Å²) in [5, 5.41) is 0.659. The third-order valence-corrected chi connectivity index (χ3v) is 2.65. The van der Waals surface area contributed by atoms with Gasteiger partial charge in [0.15, 0.2) is 0 Å². The fourth-order valence-corrected chi connectivity index (χ4v) is 1.72. The van der Waals surface area contributed by atoms with Crippen LogP contribution in [0.4, 0.5) is 0 Å². The lowest BCUT2D eigenvalue weighted by atomic mass is 10.2. The molecule has 2 rings (SSSR count). The Balaban J connectivity index is 2.54. The van der Waals surface area contributed by atoms with Crippen LogP contribution in [0.1, 0.15) is 12.5 Å². The van der Waals surface area contributed by atoms with Crippen molar-refractivity contribution in [2.45, 2.75) is 6.92 Å². The quantitative estimate of drug-likeness (QED) is 0.794. The van der Waals surface area contributed by atoms with E-state index in [0.29, 0.717) is 5.02 Å². The molecule has 2 aromatic rings. The second-order valence-electron chi connectivity index (χ2n) is 3.65. The number of hydrogen-bond donors (Lipinski definition) is 0. The van der Waals surface area contributed by atoms with Gasteiger partial charge in [0.1, 0.15) is 0 Å². The van der Waals surface area contributed by atoms with E-state index < -0.39 is 0 Å². The molecule has 1 aromatic heterocycles. The number of allylic oxidation sites excluding steroid dienone is 1. The lowest BCUT2D eigenvalue weighted by Gasteiger charge is -2.06. The molecular weight excluding hydrogens is 234 g/mol. The molecule has 0 aliphatic rings. The van der Waals surface area contributed by atoms with Gasteiger partial charge in [-0.2, -0.15) is 0 Å². The van der Waals surface area contributed by atoms with Gasteiger partial charge in [-0.05, 0) is 42.8 Å². The normalized spacial score (nSPS) is 10.9. The molecule has 86 valence electrons. The van der Waals surface area contributed by atoms with Crippen LogP contribution < -0.4 is 5.56 Å². The van der Waals surface area contributed by atoms with Gasteiger partial charge in [-0.15, -0.1) is 0 Å². The number of benzene rings is 1. The minimum atomic E-state index is -0.0550. The Bertz CT molecular complexity index is 596. The maximum Gasteiger partial charge on any atom is 0.255 e. The van der Waals surface area contributed by atoms with Crippen molar-refractivity contribution < 1.29 is 0 Å². The van der Waals surface area contributed by atoms with Crippen LogP contribution in [0.5, 0.6) is 0 Å². The smallest absolute Gasteiger partial charge is 0.255 e. The molecule has 0 unspecified atom stereocenters. The van der Waals surface area contributed by atoms with Gasteiger partial charge in [-0.25, -0.2) is 0 Å². The van der Waals surface area contributed by atoms with E-state index in [1.165, 1.54) is 0 Å². The zero-order valence-corrected chi connectivity index (χ0v) is 10.2. The SMILES string of the molecule is C/C=C/c1ccc(=O)n(-c2ccc(Cl)cc2)c1. The fraction of sp³-hybridized carbons (Fsp3) is 0.0714. The topological polar surface area (TPSA) is 22.0 Å². The Labute approximate surface area is 105 Å². The highest BCUT2D eigenvalue weighted by Crippen LogP contribution is 2.12. The van der Waals surface area contributed by atoms with E-state index in [-0.39, 0.29) is 5.56 Å². The first-order chi connectivity index (χ1) is 8.20. The molecule has 0 fully saturated rings. The Morgan fingerprint density at radius 2 is 1.82 bits per heavy atom. The Kier molecular flexibility index (Phi) is 3.45. The van der Waals surface area contributed by atoms with Crippen LogP contribution in [-0.4, -0.2) is 4.57 Å². The average molecular weight is 246 g/mol. The standard InChI is InChI=1S/C14H12ClNO/c1-2-3-11-4-9-14(17)16(10-11)13-7-5-12(15)6-8-13/h2-10H,1H3/b3-2+. The third kappa shape index (κ3) is 2.66. The summed E-state index contributed by atoms with van der Waals surface area (Å²) < 4.78 is 1.60. The van der Waals surface area contributed by atoms with E-state index in [2.05, 4.69) is 0 Å². The van der Waals surface area contributed by atoms with Gasteiger partial charge in [0.25, 0.3) is 5.56 Å². The van der Waals surface area contributed by atoms with Crippen molar-refractivity contribution in [2.24, 2.45) is 0 Å². The highest BCUT2D eigenvalue weighted by molar-refractivity contribution is 6.30. The number of aromatic nitrogens is 1. The summed E-state index contributed by atoms with van der Waals surface area (Å²) in [6.07, 6.45) is 5.70. The summed E-state index contributed by atoms with van der Waals surface area (Å²) in [6.45, 7) is 1.94. The summed E-state index contributed by atoms with van der Waals surface area (Å²) >= 11 is 5.82. The molecule has 0 spiro atoms. The van der Waals surface area contributed by atoms with Gasteiger partial charge in [0.05, 0.1) is 0 Å². The monoisotopic (exact) mass is 245 g/mol. The minimum Gasteiger partial charge on any atom is -0.284 e. The molecular formula is C14H12ClNO. The van der Waals surface area contributed by atoms with Crippen molar-refractivity contribution in [1.29, 1.82) is 0 Å². The molecule has 0 radical (unpaired) electrons. The maximum absolute atomic E-state index is 11.8. The van der Waals surface area contributed by atoms with E-state index >= 15 is 0 Å². The van der Waals surface area contributed by atoms with Crippen LogP contribution >= 0.6 is 11.6 Å². The molecule has 2 nitrogen and oxygen atoms in total. The van der Waals surface area contributed by atoms with Crippen molar-refractivity contribution in [3.05, 3.63) is 69.6 Å². The van der Waals surface area contributed by atoms with Crippen LogP contribution in [0, 0.1) is 0 Å². The number of hydrogen-bond acceptors (Lipinski definition) is 1. The molecule has 0 saturated carbocycles. The van der Waals surface area contributed by atoms with Crippen molar-refractivity contribution >= 4 is 17.7 Å². The van der Waals surface area contributed by atoms with Crippen molar-refractivity contribution in [2.75, 3.05) is 0 Å². The zero-order chi connectivity index (χ0) is 12.3. The molecule has 1 heterocycles. The first kappa shape index (κ1) is 11.7. The first-order valence-electron chi connectivity index (χ1n) is 5.32. The van der Waals surface area contributed by atoms with Gasteiger partial charge in [0, 0.05) is 23.0 Å². The molecule has 0 saturated heterocycles. The number of halogens is 1. The van der Waals surface area contributed by atoms with Crippen molar-refractivity contribution in [1.82, 2.24) is 4.57 Å². The second kappa shape index (κ2) is 5.02. The van der Waals surface area contributed by atoms with Crippen molar-refractivity contribution in [3.63, 3.8) is 0 Å². The van der Waals surface area contributed by atoms with Gasteiger partial charge < -0.3 is 0 Å². The fourth-order valence-electron chi connectivity index (χ4n) is 1.60. The molecule has 0 atom stereocenters. The van der Waals surface area contributed by atoms with E-state index in [9.17, 15) is 4.79 Å². The number of nitrogens with zero attached hydrogens (tertiary/aromatic N) is 1. The summed E-state index contributed by atoms with van der Waals surface area (Å²) in [4.78, 5) is 11.8. The molecule has 17 heavy (non-hydrogen) atoms. The van der Waals surface area contributed by atoms with Gasteiger partial charge in [-0.3, -0.25) is 9.36 Å². The van der Waals surface area contributed by atoms with Crippen LogP contribution in [0.15, 0.2) is 53.5 Å². The molecule has 0 bridgehead atoms. The van der Waals surface area contributed by atoms with Gasteiger partial charge in [-0.1, -0.05) is 23.8 Å². The Hall–Kier alpha value is -1.80. The van der Waals surface area contributed by atoms with Crippen molar-refractivity contribution in [3.8, 4) is 5.69 Å². The molecule has 0 aliphatic carbocycles. The predicted molar refractivity (Wildman–Crippen MR) is 71.8 cm³/mol. The number of rotatable bonds is 2. The van der Waals surface area contributed by atoms with E-state index in [0.717, 1.165) is 11.3 Å². The van der Waals surface area contributed by atoms with Crippen LogP contribution in [0.25, 0.3) is 11.8 Å². The maximum atomic E-state index is 11.8. The summed E-state index contributed by atoms with van der Waals surface area (Å²) in [5.74, 6) is 0. The lowest BCUT2D eigenvalue weighted by molar-refractivity contribution is 0.987. The van der Waals surface area contributed by atoms with E-state index in [4.69, 9.17) is 11.6 Å². The summed E-state index contributed by atoms with van der Waals surface area (Å²) in [5.41, 5.74) is 1.74. The van der Waals surface area contributed by atoms with Crippen LogP contribution in [0.3, 0.4) is 0 Å². The first-order valence-corrected chi connectivity index (χ1v) is 5.70. The third-order valence-electron chi connectivity index (χ3n) is 2.40. The largest absolute Gasteiger partial charge is 0.284 e. The molecule has 0 N–H and O–H groups in total. The van der Waals surface area contributed by atoms with Gasteiger partial charge >= 0.3 is 0 Å². The lowest BCUT2D eigenvalue weighted by Crippen LogP contribution is -2.16. The van der Waals surface area contributed by atoms with Gasteiger partial charge in [0.2, 0.25) is 0 Å². The highest BCUT2D eigenvalue weighted by Gasteiger charge is 1.99. The molecule has 0 aliphatic heterocycles. The Morgan fingerprint density at radius 3 is 2.47 bits per heavy atom. The Morgan fingerprint density at radius 1 is 1.12 bits per heavy atom. The zero-order valence-electron chi connectivity index (χ0n) is 9.43.